The highest BCUT2D eigenvalue weighted by Gasteiger charge is 2.54. The number of thioether (sulfide) groups is 1. The number of fused-ring (bicyclic) bond motifs is 1. The van der Waals surface area contributed by atoms with Crippen LogP contribution in [0.25, 0.3) is 0 Å². The number of carbonyl (C=O) groups excluding carboxylic acids is 1. The maximum Gasteiger partial charge on any atom is 0.407 e. The Morgan fingerprint density at radius 2 is 1.41 bits per heavy atom. The van der Waals surface area contributed by atoms with Gasteiger partial charge in [-0.2, -0.15) is 0 Å². The van der Waals surface area contributed by atoms with Crippen molar-refractivity contribution in [2.24, 2.45) is 10.9 Å². The Bertz CT molecular complexity index is 2140. The molecule has 2 aliphatic heterocycles. The van der Waals surface area contributed by atoms with Crippen LogP contribution in [0.5, 0.6) is 0 Å². The van der Waals surface area contributed by atoms with E-state index in [1.165, 1.54) is 16.7 Å². The molecule has 1 N–H and O–H groups in total. The summed E-state index contributed by atoms with van der Waals surface area (Å²) in [5.41, 5.74) is 2.29. The second kappa shape index (κ2) is 17.9. The highest BCUT2D eigenvalue weighted by molar-refractivity contribution is 8.18. The van der Waals surface area contributed by atoms with Gasteiger partial charge >= 0.3 is 6.09 Å². The molecule has 0 saturated carbocycles. The van der Waals surface area contributed by atoms with Crippen LogP contribution in [-0.2, 0) is 14.8 Å². The van der Waals surface area contributed by atoms with Gasteiger partial charge in [-0.05, 0) is 95.7 Å². The van der Waals surface area contributed by atoms with Crippen molar-refractivity contribution < 1.29 is 19.1 Å². The minimum Gasteiger partial charge on any atom is -0.465 e. The van der Waals surface area contributed by atoms with Crippen LogP contribution in [0.3, 0.4) is 0 Å². The van der Waals surface area contributed by atoms with E-state index in [4.69, 9.17) is 32.6 Å². The number of carbonyl (C=O) groups is 2. The molecule has 8 nitrogen and oxygen atoms in total. The van der Waals surface area contributed by atoms with E-state index in [1.54, 1.807) is 7.05 Å². The first kappa shape index (κ1) is 44.5. The van der Waals surface area contributed by atoms with Gasteiger partial charge in [0.2, 0.25) is 0 Å². The van der Waals surface area contributed by atoms with Gasteiger partial charge in [0, 0.05) is 41.9 Å². The van der Waals surface area contributed by atoms with E-state index >= 15 is 4.79 Å². The number of nitrogens with zero attached hydrogens (tertiary/aromatic N) is 4. The zero-order valence-corrected chi connectivity index (χ0v) is 38.8. The molecule has 3 atom stereocenters. The summed E-state index contributed by atoms with van der Waals surface area (Å²) in [6.07, 6.45) is -1.13. The average molecular weight is 872 g/mol. The number of halogens is 2. The van der Waals surface area contributed by atoms with E-state index in [9.17, 15) is 9.90 Å². The molecular formula is C47H56Cl2N4O4SSi. The lowest BCUT2D eigenvalue weighted by molar-refractivity contribution is -0.128. The molecule has 0 bridgehead atoms. The molecule has 2 heterocycles. The van der Waals surface area contributed by atoms with Crippen molar-refractivity contribution in [1.82, 2.24) is 14.7 Å². The number of amidine groups is 1. The molecule has 0 aromatic heterocycles. The van der Waals surface area contributed by atoms with Crippen LogP contribution in [0, 0.1) is 5.92 Å². The molecule has 0 unspecified atom stereocenters. The third-order valence-electron chi connectivity index (χ3n) is 11.5. The molecule has 2 amide bonds. The van der Waals surface area contributed by atoms with Crippen LogP contribution in [0.15, 0.2) is 125 Å². The highest BCUT2D eigenvalue weighted by Crippen LogP contribution is 2.56. The van der Waals surface area contributed by atoms with E-state index in [1.807, 2.05) is 104 Å². The fourth-order valence-electron chi connectivity index (χ4n) is 8.58. The Hall–Kier alpha value is -4.06. The molecule has 0 saturated heterocycles. The minimum absolute atomic E-state index is 0.0130. The quantitative estimate of drug-likeness (QED) is 0.127. The van der Waals surface area contributed by atoms with Crippen molar-refractivity contribution in [3.05, 3.63) is 141 Å². The normalized spacial score (nSPS) is 18.6. The molecule has 0 spiro atoms. The fourth-order valence-corrected chi connectivity index (χ4v) is 14.9. The molecule has 4 aromatic carbocycles. The first-order valence-electron chi connectivity index (χ1n) is 20.3. The summed E-state index contributed by atoms with van der Waals surface area (Å²) in [7, 11) is -1.49. The van der Waals surface area contributed by atoms with E-state index in [0.717, 1.165) is 32.4 Å². The third-order valence-corrected chi connectivity index (χ3v) is 18.2. The van der Waals surface area contributed by atoms with Gasteiger partial charge in [-0.3, -0.25) is 4.79 Å². The molecule has 2 aliphatic rings. The highest BCUT2D eigenvalue weighted by atomic mass is 35.5. The van der Waals surface area contributed by atoms with Gasteiger partial charge in [-0.25, -0.2) is 9.79 Å². The molecule has 4 aromatic rings. The largest absolute Gasteiger partial charge is 0.465 e. The standard InChI is InChI=1S/C47H56Cl2N4O4SSi/c1-31(2)40-41(58-44-50-47(8,34-22-26-36(49)27-23-34)42(53(40)44)33-20-24-35(48)25-21-33)43(54)52(32(3)4)29-28-37(30-51(9)45(55)56)57-59(46(5,6)7,38-16-12-10-13-17-38)39-18-14-11-15-19-39/h10-27,31-32,37,42H,28-30H2,1-9H3,(H,55,56)/t37-,42+,47-/m0/s1. The molecule has 0 radical (unpaired) electrons. The molecule has 12 heteroatoms. The first-order chi connectivity index (χ1) is 27.9. The summed E-state index contributed by atoms with van der Waals surface area (Å²) in [5, 5.41) is 14.1. The van der Waals surface area contributed by atoms with Crippen molar-refractivity contribution in [2.75, 3.05) is 20.1 Å². The van der Waals surface area contributed by atoms with E-state index in [2.05, 4.69) is 70.7 Å². The third kappa shape index (κ3) is 8.89. The van der Waals surface area contributed by atoms with Crippen LogP contribution in [0.2, 0.25) is 15.1 Å². The zero-order chi connectivity index (χ0) is 42.9. The van der Waals surface area contributed by atoms with Gasteiger partial charge in [0.1, 0.15) is 10.4 Å². The van der Waals surface area contributed by atoms with E-state index in [-0.39, 0.29) is 35.5 Å². The average Bonchev–Trinajstić information content (AvgIpc) is 3.70. The van der Waals surface area contributed by atoms with Crippen LogP contribution in [-0.4, -0.2) is 77.6 Å². The lowest BCUT2D eigenvalue weighted by Crippen LogP contribution is -2.68. The topological polar surface area (TPSA) is 85.7 Å². The van der Waals surface area contributed by atoms with Crippen LogP contribution in [0.4, 0.5) is 4.79 Å². The summed E-state index contributed by atoms with van der Waals surface area (Å²) < 4.78 is 7.53. The lowest BCUT2D eigenvalue weighted by atomic mass is 9.81. The molecule has 312 valence electrons. The summed E-state index contributed by atoms with van der Waals surface area (Å²) in [6.45, 7) is 17.6. The summed E-state index contributed by atoms with van der Waals surface area (Å²) in [6, 6.07) is 36.0. The second-order valence-electron chi connectivity index (χ2n) is 17.3. The van der Waals surface area contributed by atoms with Gasteiger partial charge < -0.3 is 24.2 Å². The number of hydrogen-bond acceptors (Lipinski definition) is 6. The number of aliphatic imine (C=N–C) groups is 1. The Balaban J connectivity index is 1.38. The summed E-state index contributed by atoms with van der Waals surface area (Å²) in [5.74, 6) is -0.0920. The number of carboxylic acid groups (broad SMARTS) is 1. The second-order valence-corrected chi connectivity index (χ2v) is 23.4. The molecule has 0 aliphatic carbocycles. The fraction of sp³-hybridized carbons (Fsp3) is 0.383. The van der Waals surface area contributed by atoms with Crippen molar-refractivity contribution >= 4 is 70.8 Å². The molecular weight excluding hydrogens is 816 g/mol. The van der Waals surface area contributed by atoms with Crippen molar-refractivity contribution in [2.45, 2.75) is 90.6 Å². The smallest absolute Gasteiger partial charge is 0.407 e. The number of benzene rings is 4. The Kier molecular flexibility index (Phi) is 13.5. The van der Waals surface area contributed by atoms with Crippen molar-refractivity contribution in [3.63, 3.8) is 0 Å². The monoisotopic (exact) mass is 870 g/mol. The molecule has 6 rings (SSSR count). The van der Waals surface area contributed by atoms with Gasteiger partial charge in [0.25, 0.3) is 14.2 Å². The predicted octanol–water partition coefficient (Wildman–Crippen LogP) is 10.4. The molecule has 0 fully saturated rings. The number of likely N-dealkylation sites (N-methyl/N-ethyl adjacent to an activating group) is 1. The van der Waals surface area contributed by atoms with Gasteiger partial charge in [-0.1, -0.05) is 143 Å². The van der Waals surface area contributed by atoms with E-state index < -0.39 is 26.1 Å². The Morgan fingerprint density at radius 3 is 1.88 bits per heavy atom. The van der Waals surface area contributed by atoms with Gasteiger partial charge in [-0.15, -0.1) is 0 Å². The number of rotatable bonds is 14. The van der Waals surface area contributed by atoms with Crippen LogP contribution >= 0.6 is 35.0 Å². The summed E-state index contributed by atoms with van der Waals surface area (Å²) >= 11 is 14.2. The SMILES string of the molecule is CC(C)C1=C(C(=O)N(CC[C@@H](CN(C)C(=O)O)O[Si](c2ccccc2)(c2ccccc2)C(C)(C)C)C(C)C)SC2=N[C@@](C)(c3ccc(Cl)cc3)[C@@H](c3ccc(Cl)cc3)N21. The van der Waals surface area contributed by atoms with Crippen LogP contribution < -0.4 is 10.4 Å². The Morgan fingerprint density at radius 1 is 0.881 bits per heavy atom. The van der Waals surface area contributed by atoms with Gasteiger partial charge in [0.15, 0.2) is 5.17 Å². The number of allylic oxidation sites excluding steroid dienone is 1. The Labute approximate surface area is 365 Å². The summed E-state index contributed by atoms with van der Waals surface area (Å²) in [4.78, 5) is 39.0. The van der Waals surface area contributed by atoms with Crippen molar-refractivity contribution in [3.8, 4) is 0 Å². The first-order valence-corrected chi connectivity index (χ1v) is 23.7. The predicted molar refractivity (Wildman–Crippen MR) is 246 cm³/mol. The molecule has 59 heavy (non-hydrogen) atoms. The minimum atomic E-state index is -3.07. The van der Waals surface area contributed by atoms with E-state index in [0.29, 0.717) is 27.9 Å². The zero-order valence-electron chi connectivity index (χ0n) is 35.4. The van der Waals surface area contributed by atoms with Crippen molar-refractivity contribution in [1.29, 1.82) is 0 Å². The lowest BCUT2D eigenvalue weighted by Gasteiger charge is -2.46. The maximum absolute atomic E-state index is 15.1. The number of hydrogen-bond donors (Lipinski definition) is 1. The maximum atomic E-state index is 15.1. The number of amides is 2. The van der Waals surface area contributed by atoms with Crippen LogP contribution in [0.1, 0.15) is 79.0 Å². The van der Waals surface area contributed by atoms with Gasteiger partial charge in [0.05, 0.1) is 12.1 Å².